The first kappa shape index (κ1) is 12.7. The van der Waals surface area contributed by atoms with E-state index in [9.17, 15) is 0 Å². The molecule has 2 heteroatoms. The molecular formula is C11H23NO. The topological polar surface area (TPSA) is 35.2 Å². The molecule has 0 aromatic heterocycles. The molecule has 0 spiro atoms. The summed E-state index contributed by atoms with van der Waals surface area (Å²) in [5.41, 5.74) is 7.23. The average Bonchev–Trinajstić information content (AvgIpc) is 2.12. The molecule has 0 atom stereocenters. The van der Waals surface area contributed by atoms with Gasteiger partial charge in [-0.2, -0.15) is 0 Å². The van der Waals surface area contributed by atoms with Crippen molar-refractivity contribution in [3.8, 4) is 0 Å². The molecule has 0 saturated carbocycles. The molecule has 0 radical (unpaired) electrons. The van der Waals surface area contributed by atoms with Gasteiger partial charge in [0.2, 0.25) is 0 Å². The summed E-state index contributed by atoms with van der Waals surface area (Å²) in [6.07, 6.45) is 4.02. The monoisotopic (exact) mass is 185 g/mol. The van der Waals surface area contributed by atoms with E-state index in [4.69, 9.17) is 10.5 Å². The van der Waals surface area contributed by atoms with Gasteiger partial charge < -0.3 is 10.5 Å². The molecule has 0 saturated heterocycles. The highest BCUT2D eigenvalue weighted by molar-refractivity contribution is 4.93. The van der Waals surface area contributed by atoms with Crippen LogP contribution in [0.4, 0.5) is 0 Å². The molecule has 13 heavy (non-hydrogen) atoms. The number of ether oxygens (including phenoxy) is 1. The van der Waals surface area contributed by atoms with Gasteiger partial charge in [-0.05, 0) is 26.7 Å². The first-order valence-electron chi connectivity index (χ1n) is 5.04. The average molecular weight is 185 g/mol. The smallest absolute Gasteiger partial charge is 0.0650 e. The minimum absolute atomic E-state index is 0.129. The molecule has 0 aliphatic carbocycles. The molecule has 0 aromatic rings. The Morgan fingerprint density at radius 2 is 1.85 bits per heavy atom. The molecule has 0 heterocycles. The maximum atomic E-state index is 6.07. The van der Waals surface area contributed by atoms with E-state index in [0.717, 1.165) is 12.8 Å². The van der Waals surface area contributed by atoms with Crippen molar-refractivity contribution < 1.29 is 4.74 Å². The maximum Gasteiger partial charge on any atom is 0.0650 e. The lowest BCUT2D eigenvalue weighted by atomic mass is 9.96. The molecule has 2 nitrogen and oxygen atoms in total. The van der Waals surface area contributed by atoms with Crippen molar-refractivity contribution in [3.05, 3.63) is 11.6 Å². The van der Waals surface area contributed by atoms with Crippen molar-refractivity contribution in [2.75, 3.05) is 13.2 Å². The lowest BCUT2D eigenvalue weighted by molar-refractivity contribution is 0.101. The number of hydrogen-bond donors (Lipinski definition) is 1. The van der Waals surface area contributed by atoms with Gasteiger partial charge in [-0.15, -0.1) is 0 Å². The summed E-state index contributed by atoms with van der Waals surface area (Å²) in [6.45, 7) is 9.68. The molecule has 0 unspecified atom stereocenters. The molecule has 0 rings (SSSR count). The highest BCUT2D eigenvalue weighted by Gasteiger charge is 2.19. The fourth-order valence-electron chi connectivity index (χ4n) is 0.942. The van der Waals surface area contributed by atoms with E-state index in [1.807, 2.05) is 0 Å². The quantitative estimate of drug-likeness (QED) is 0.509. The summed E-state index contributed by atoms with van der Waals surface area (Å²) >= 11 is 0. The lowest BCUT2D eigenvalue weighted by Gasteiger charge is -2.25. The highest BCUT2D eigenvalue weighted by Crippen LogP contribution is 2.11. The molecule has 0 aromatic carbocycles. The Morgan fingerprint density at radius 3 is 2.23 bits per heavy atom. The van der Waals surface area contributed by atoms with E-state index >= 15 is 0 Å². The second-order valence-electron chi connectivity index (χ2n) is 3.87. The van der Waals surface area contributed by atoms with Crippen LogP contribution in [-0.4, -0.2) is 18.8 Å². The van der Waals surface area contributed by atoms with Crippen LogP contribution in [0.3, 0.4) is 0 Å². The Labute approximate surface area is 82.2 Å². The normalized spacial score (nSPS) is 11.5. The van der Waals surface area contributed by atoms with Crippen molar-refractivity contribution in [2.24, 2.45) is 5.73 Å². The van der Waals surface area contributed by atoms with Crippen molar-refractivity contribution in [3.63, 3.8) is 0 Å². The first-order valence-corrected chi connectivity index (χ1v) is 5.04. The van der Waals surface area contributed by atoms with Gasteiger partial charge in [0.05, 0.1) is 13.2 Å². The van der Waals surface area contributed by atoms with Crippen molar-refractivity contribution in [1.82, 2.24) is 0 Å². The van der Waals surface area contributed by atoms with E-state index in [1.54, 1.807) is 0 Å². The van der Waals surface area contributed by atoms with Gasteiger partial charge in [-0.3, -0.25) is 0 Å². The van der Waals surface area contributed by atoms with Crippen LogP contribution < -0.4 is 5.73 Å². The van der Waals surface area contributed by atoms with Crippen LogP contribution in [0, 0.1) is 0 Å². The van der Waals surface area contributed by atoms with Crippen LogP contribution >= 0.6 is 0 Å². The van der Waals surface area contributed by atoms with Gasteiger partial charge >= 0.3 is 0 Å². The second kappa shape index (κ2) is 6.17. The molecule has 0 aliphatic rings. The Morgan fingerprint density at radius 1 is 1.31 bits per heavy atom. The van der Waals surface area contributed by atoms with Gasteiger partial charge in [0.1, 0.15) is 0 Å². The largest absolute Gasteiger partial charge is 0.375 e. The van der Waals surface area contributed by atoms with Crippen LogP contribution in [0.25, 0.3) is 0 Å². The van der Waals surface area contributed by atoms with E-state index < -0.39 is 0 Å². The summed E-state index contributed by atoms with van der Waals surface area (Å²) in [6, 6.07) is 0. The van der Waals surface area contributed by atoms with E-state index in [-0.39, 0.29) is 5.54 Å². The van der Waals surface area contributed by atoms with Crippen LogP contribution in [-0.2, 0) is 4.74 Å². The summed E-state index contributed by atoms with van der Waals surface area (Å²) in [5, 5.41) is 0. The third-order valence-corrected chi connectivity index (χ3v) is 2.41. The fraction of sp³-hybridized carbons (Fsp3) is 0.818. The predicted octanol–water partition coefficient (Wildman–Crippen LogP) is 2.49. The molecule has 2 N–H and O–H groups in total. The number of hydrogen-bond acceptors (Lipinski definition) is 2. The Balaban J connectivity index is 3.68. The fourth-order valence-corrected chi connectivity index (χ4v) is 0.942. The van der Waals surface area contributed by atoms with E-state index in [0.29, 0.717) is 13.2 Å². The summed E-state index contributed by atoms with van der Waals surface area (Å²) in [7, 11) is 0. The van der Waals surface area contributed by atoms with Crippen LogP contribution in [0.1, 0.15) is 40.5 Å². The third kappa shape index (κ3) is 5.83. The summed E-state index contributed by atoms with van der Waals surface area (Å²) < 4.78 is 5.49. The standard InChI is InChI=1S/C11H23NO/c1-5-11(12,6-2)9-13-8-7-10(3)4/h7H,5-6,8-9,12H2,1-4H3. The number of rotatable bonds is 6. The Bertz CT molecular complexity index is 155. The summed E-state index contributed by atoms with van der Waals surface area (Å²) in [5.74, 6) is 0. The minimum atomic E-state index is -0.129. The third-order valence-electron chi connectivity index (χ3n) is 2.41. The van der Waals surface area contributed by atoms with Crippen LogP contribution in [0.2, 0.25) is 0 Å². The minimum Gasteiger partial charge on any atom is -0.375 e. The zero-order chi connectivity index (χ0) is 10.3. The molecule has 0 aliphatic heterocycles. The van der Waals surface area contributed by atoms with Gasteiger partial charge in [0.25, 0.3) is 0 Å². The molecule has 0 bridgehead atoms. The SMILES string of the molecule is CCC(N)(CC)COCC=C(C)C. The lowest BCUT2D eigenvalue weighted by Crippen LogP contribution is -2.43. The van der Waals surface area contributed by atoms with Crippen molar-refractivity contribution in [2.45, 2.75) is 46.1 Å². The van der Waals surface area contributed by atoms with Gasteiger partial charge in [0, 0.05) is 5.54 Å². The molecule has 0 amide bonds. The number of allylic oxidation sites excluding steroid dienone is 1. The second-order valence-corrected chi connectivity index (χ2v) is 3.87. The van der Waals surface area contributed by atoms with Gasteiger partial charge in [-0.25, -0.2) is 0 Å². The van der Waals surface area contributed by atoms with Gasteiger partial charge in [-0.1, -0.05) is 25.5 Å². The van der Waals surface area contributed by atoms with Crippen molar-refractivity contribution in [1.29, 1.82) is 0 Å². The molecular weight excluding hydrogens is 162 g/mol. The van der Waals surface area contributed by atoms with Crippen LogP contribution in [0.5, 0.6) is 0 Å². The molecule has 78 valence electrons. The zero-order valence-electron chi connectivity index (χ0n) is 9.39. The molecule has 0 fully saturated rings. The van der Waals surface area contributed by atoms with Gasteiger partial charge in [0.15, 0.2) is 0 Å². The predicted molar refractivity (Wildman–Crippen MR) is 57.8 cm³/mol. The van der Waals surface area contributed by atoms with Crippen LogP contribution in [0.15, 0.2) is 11.6 Å². The first-order chi connectivity index (χ1) is 6.04. The Kier molecular flexibility index (Phi) is 6.00. The Hall–Kier alpha value is -0.340. The number of nitrogens with two attached hydrogens (primary N) is 1. The zero-order valence-corrected chi connectivity index (χ0v) is 9.39. The maximum absolute atomic E-state index is 6.07. The van der Waals surface area contributed by atoms with E-state index in [2.05, 4.69) is 33.8 Å². The van der Waals surface area contributed by atoms with E-state index in [1.165, 1.54) is 5.57 Å². The van der Waals surface area contributed by atoms with Crippen molar-refractivity contribution >= 4 is 0 Å². The highest BCUT2D eigenvalue weighted by atomic mass is 16.5. The summed E-state index contributed by atoms with van der Waals surface area (Å²) in [4.78, 5) is 0.